The van der Waals surface area contributed by atoms with Crippen molar-refractivity contribution in [3.8, 4) is 11.4 Å². The van der Waals surface area contributed by atoms with Gasteiger partial charge >= 0.3 is 5.97 Å². The van der Waals surface area contributed by atoms with Crippen LogP contribution < -0.4 is 5.32 Å². The number of ether oxygens (including phenoxy) is 1. The summed E-state index contributed by atoms with van der Waals surface area (Å²) in [6.45, 7) is 1.72. The molecule has 0 saturated carbocycles. The van der Waals surface area contributed by atoms with Crippen molar-refractivity contribution in [2.75, 3.05) is 5.32 Å². The molecule has 1 amide bonds. The van der Waals surface area contributed by atoms with Gasteiger partial charge in [0.05, 0.1) is 23.4 Å². The molecule has 0 saturated heterocycles. The normalized spacial score (nSPS) is 11.6. The van der Waals surface area contributed by atoms with E-state index >= 15 is 0 Å². The van der Waals surface area contributed by atoms with Crippen molar-refractivity contribution in [2.45, 2.75) is 19.4 Å². The highest BCUT2D eigenvalue weighted by atomic mass is 35.5. The number of esters is 1. The van der Waals surface area contributed by atoms with Crippen molar-refractivity contribution in [1.29, 1.82) is 0 Å². The first-order valence-corrected chi connectivity index (χ1v) is 10.7. The van der Waals surface area contributed by atoms with Gasteiger partial charge in [-0.05, 0) is 37.3 Å². The number of hydrogen-bond acceptors (Lipinski definition) is 8. The number of hydrogen-bond donors (Lipinski definition) is 1. The number of amides is 1. The Morgan fingerprint density at radius 1 is 1.12 bits per heavy atom. The quantitative estimate of drug-likeness (QED) is 0.317. The molecule has 10 nitrogen and oxygen atoms in total. The predicted octanol–water partition coefficient (Wildman–Crippen LogP) is 3.42. The molecular formula is C23H20ClN7O3. The molecule has 0 aromatic carbocycles. The molecule has 0 unspecified atom stereocenters. The van der Waals surface area contributed by atoms with Crippen LogP contribution in [0.5, 0.6) is 0 Å². The van der Waals surface area contributed by atoms with Gasteiger partial charge in [-0.3, -0.25) is 24.2 Å². The largest absolute Gasteiger partial charge is 0.457 e. The van der Waals surface area contributed by atoms with Crippen LogP contribution in [-0.2, 0) is 23.0 Å². The maximum atomic E-state index is 12.6. The number of nitrogens with zero attached hydrogens (tertiary/aromatic N) is 6. The number of aromatic nitrogens is 6. The average molecular weight is 478 g/mol. The molecule has 0 fully saturated rings. The number of halogens is 1. The van der Waals surface area contributed by atoms with Crippen LogP contribution in [0.2, 0.25) is 5.15 Å². The number of carbonyl (C=O) groups excluding carboxylic acids is 2. The van der Waals surface area contributed by atoms with Crippen LogP contribution in [0.3, 0.4) is 0 Å². The van der Waals surface area contributed by atoms with E-state index in [9.17, 15) is 9.59 Å². The second-order valence-corrected chi connectivity index (χ2v) is 7.68. The maximum Gasteiger partial charge on any atom is 0.312 e. The third kappa shape index (κ3) is 5.24. The van der Waals surface area contributed by atoms with Gasteiger partial charge in [-0.2, -0.15) is 0 Å². The van der Waals surface area contributed by atoms with Gasteiger partial charge in [-0.15, -0.1) is 5.10 Å². The number of aryl methyl sites for hydroxylation is 1. The second kappa shape index (κ2) is 10.2. The molecule has 0 bridgehead atoms. The molecule has 0 aliphatic heterocycles. The fourth-order valence-electron chi connectivity index (χ4n) is 3.22. The third-order valence-corrected chi connectivity index (χ3v) is 5.31. The fourth-order valence-corrected chi connectivity index (χ4v) is 3.49. The zero-order valence-electron chi connectivity index (χ0n) is 18.3. The fraction of sp³-hybridized carbons (Fsp3) is 0.174. The summed E-state index contributed by atoms with van der Waals surface area (Å²) in [6.07, 6.45) is 5.53. The molecule has 4 heterocycles. The monoisotopic (exact) mass is 477 g/mol. The molecule has 4 aromatic rings. The third-order valence-electron chi connectivity index (χ3n) is 5.00. The van der Waals surface area contributed by atoms with Crippen molar-refractivity contribution >= 4 is 29.2 Å². The van der Waals surface area contributed by atoms with Crippen LogP contribution in [0, 0.1) is 0 Å². The van der Waals surface area contributed by atoms with Crippen LogP contribution in [0.4, 0.5) is 5.69 Å². The standard InChI is InChI=1S/C23H20ClN7O3/c1-14(17-4-3-9-26-22(17)24)34-20(32)12-19-21(29-30-31(19)2)18-6-5-15(13-27-18)23(33)28-16-7-10-25-11-8-16/h3-11,13-14H,12H2,1-2H3,(H,25,28,33)/t14-/m1/s1. The minimum Gasteiger partial charge on any atom is -0.457 e. The lowest BCUT2D eigenvalue weighted by Crippen LogP contribution is -2.15. The van der Waals surface area contributed by atoms with E-state index < -0.39 is 12.1 Å². The van der Waals surface area contributed by atoms with E-state index in [4.69, 9.17) is 16.3 Å². The summed E-state index contributed by atoms with van der Waals surface area (Å²) < 4.78 is 7.02. The lowest BCUT2D eigenvalue weighted by atomic mass is 10.1. The summed E-state index contributed by atoms with van der Waals surface area (Å²) >= 11 is 6.09. The summed E-state index contributed by atoms with van der Waals surface area (Å²) in [4.78, 5) is 37.3. The first kappa shape index (κ1) is 23.0. The molecule has 4 aromatic heterocycles. The molecule has 0 spiro atoms. The SMILES string of the molecule is C[C@@H](OC(=O)Cc1c(-c2ccc(C(=O)Nc3ccncc3)cn2)nnn1C)c1cccnc1Cl. The van der Waals surface area contributed by atoms with E-state index in [0.717, 1.165) is 0 Å². The molecule has 0 aliphatic carbocycles. The number of anilines is 1. The first-order valence-electron chi connectivity index (χ1n) is 10.3. The minimum atomic E-state index is -0.574. The molecule has 34 heavy (non-hydrogen) atoms. The lowest BCUT2D eigenvalue weighted by Gasteiger charge is -2.14. The Hall–Kier alpha value is -4.18. The van der Waals surface area contributed by atoms with E-state index in [2.05, 4.69) is 30.6 Å². The topological polar surface area (TPSA) is 125 Å². The van der Waals surface area contributed by atoms with Gasteiger partial charge < -0.3 is 10.1 Å². The Kier molecular flexibility index (Phi) is 6.88. The summed E-state index contributed by atoms with van der Waals surface area (Å²) in [6, 6.07) is 10.1. The van der Waals surface area contributed by atoms with Gasteiger partial charge in [0.1, 0.15) is 17.0 Å². The van der Waals surface area contributed by atoms with E-state index in [1.54, 1.807) is 69.0 Å². The van der Waals surface area contributed by atoms with E-state index in [1.165, 1.54) is 10.9 Å². The van der Waals surface area contributed by atoms with Crippen LogP contribution >= 0.6 is 11.6 Å². The average Bonchev–Trinajstić information content (AvgIpc) is 3.19. The van der Waals surface area contributed by atoms with Crippen molar-refractivity contribution in [1.82, 2.24) is 29.9 Å². The molecule has 4 rings (SSSR count). The Bertz CT molecular complexity index is 1310. The van der Waals surface area contributed by atoms with Gasteiger partial charge in [0.25, 0.3) is 5.91 Å². The van der Waals surface area contributed by atoms with Crippen LogP contribution in [0.15, 0.2) is 61.2 Å². The number of pyridine rings is 3. The molecule has 0 radical (unpaired) electrons. The number of carbonyl (C=O) groups is 2. The van der Waals surface area contributed by atoms with Gasteiger partial charge in [0.15, 0.2) is 0 Å². The first-order chi connectivity index (χ1) is 16.4. The molecule has 172 valence electrons. The van der Waals surface area contributed by atoms with Crippen LogP contribution in [-0.4, -0.2) is 41.8 Å². The van der Waals surface area contributed by atoms with Gasteiger partial charge in [0.2, 0.25) is 0 Å². The van der Waals surface area contributed by atoms with E-state index in [1.807, 2.05) is 0 Å². The molecule has 1 atom stereocenters. The summed E-state index contributed by atoms with van der Waals surface area (Å²) in [5, 5.41) is 11.2. The van der Waals surface area contributed by atoms with Gasteiger partial charge in [0, 0.05) is 43.1 Å². The van der Waals surface area contributed by atoms with Crippen molar-refractivity contribution < 1.29 is 14.3 Å². The zero-order valence-corrected chi connectivity index (χ0v) is 19.1. The Morgan fingerprint density at radius 3 is 2.62 bits per heavy atom. The highest BCUT2D eigenvalue weighted by molar-refractivity contribution is 6.30. The molecular weight excluding hydrogens is 458 g/mol. The molecule has 1 N–H and O–H groups in total. The minimum absolute atomic E-state index is 0.0764. The summed E-state index contributed by atoms with van der Waals surface area (Å²) in [5.74, 6) is -0.788. The highest BCUT2D eigenvalue weighted by Gasteiger charge is 2.21. The second-order valence-electron chi connectivity index (χ2n) is 7.32. The smallest absolute Gasteiger partial charge is 0.312 e. The maximum absolute atomic E-state index is 12.6. The van der Waals surface area contributed by atoms with Gasteiger partial charge in [-0.25, -0.2) is 4.98 Å². The van der Waals surface area contributed by atoms with Crippen LogP contribution in [0.1, 0.15) is 34.6 Å². The summed E-state index contributed by atoms with van der Waals surface area (Å²) in [7, 11) is 1.68. The predicted molar refractivity (Wildman–Crippen MR) is 124 cm³/mol. The molecule has 11 heteroatoms. The highest BCUT2D eigenvalue weighted by Crippen LogP contribution is 2.25. The van der Waals surface area contributed by atoms with Crippen molar-refractivity contribution in [2.24, 2.45) is 7.05 Å². The number of nitrogens with one attached hydrogen (secondary N) is 1. The Labute approximate surface area is 200 Å². The van der Waals surface area contributed by atoms with Crippen molar-refractivity contribution in [3.63, 3.8) is 0 Å². The Balaban J connectivity index is 1.46. The number of rotatable bonds is 7. The van der Waals surface area contributed by atoms with E-state index in [-0.39, 0.29) is 17.5 Å². The Morgan fingerprint density at radius 2 is 1.91 bits per heavy atom. The summed E-state index contributed by atoms with van der Waals surface area (Å²) in [5.41, 5.74) is 3.03. The molecule has 0 aliphatic rings. The van der Waals surface area contributed by atoms with Crippen LogP contribution in [0.25, 0.3) is 11.4 Å². The lowest BCUT2D eigenvalue weighted by molar-refractivity contribution is -0.147. The van der Waals surface area contributed by atoms with Crippen molar-refractivity contribution in [3.05, 3.63) is 83.2 Å². The zero-order chi connectivity index (χ0) is 24.1. The van der Waals surface area contributed by atoms with Gasteiger partial charge in [-0.1, -0.05) is 22.9 Å². The van der Waals surface area contributed by atoms with E-state index in [0.29, 0.717) is 33.9 Å².